The molecule has 1 aromatic carbocycles. The van der Waals surface area contributed by atoms with Crippen molar-refractivity contribution in [3.05, 3.63) is 42.7 Å². The lowest BCUT2D eigenvalue weighted by Gasteiger charge is -2.25. The first-order chi connectivity index (χ1) is 11.8. The number of nitrogens with one attached hydrogen (secondary N) is 1. The summed E-state index contributed by atoms with van der Waals surface area (Å²) in [6, 6.07) is 9.66. The fourth-order valence-electron chi connectivity index (χ4n) is 3.73. The number of methoxy groups -OCH3 is 1. The van der Waals surface area contributed by atoms with Crippen LogP contribution in [-0.2, 0) is 0 Å². The smallest absolute Gasteiger partial charge is 0.147 e. The molecule has 1 atom stereocenters. The van der Waals surface area contributed by atoms with Crippen LogP contribution >= 0.6 is 0 Å². The zero-order chi connectivity index (χ0) is 16.4. The Morgan fingerprint density at radius 3 is 2.67 bits per heavy atom. The Morgan fingerprint density at radius 2 is 1.92 bits per heavy atom. The van der Waals surface area contributed by atoms with E-state index < -0.39 is 0 Å². The van der Waals surface area contributed by atoms with Gasteiger partial charge in [-0.1, -0.05) is 0 Å². The second-order valence-electron chi connectivity index (χ2n) is 6.64. The molecule has 2 saturated heterocycles. The van der Waals surface area contributed by atoms with Gasteiger partial charge in [-0.05, 0) is 50.1 Å². The molecule has 2 aliphatic heterocycles. The van der Waals surface area contributed by atoms with E-state index in [1.165, 1.54) is 19.3 Å². The van der Waals surface area contributed by atoms with Crippen molar-refractivity contribution in [2.75, 3.05) is 31.6 Å². The van der Waals surface area contributed by atoms with Crippen LogP contribution in [0, 0.1) is 0 Å². The van der Waals surface area contributed by atoms with E-state index in [1.807, 2.05) is 30.5 Å². The third kappa shape index (κ3) is 3.04. The van der Waals surface area contributed by atoms with Gasteiger partial charge in [0.1, 0.15) is 17.2 Å². The number of benzene rings is 1. The van der Waals surface area contributed by atoms with Gasteiger partial charge in [0.05, 0.1) is 25.2 Å². The van der Waals surface area contributed by atoms with Gasteiger partial charge in [-0.2, -0.15) is 0 Å². The maximum atomic E-state index is 5.93. The topological polar surface area (TPSA) is 46.6 Å². The predicted octanol–water partition coefficient (Wildman–Crippen LogP) is 3.21. The van der Waals surface area contributed by atoms with Crippen molar-refractivity contribution in [3.8, 4) is 17.2 Å². The molecule has 4 rings (SSSR count). The second kappa shape index (κ2) is 6.32. The highest BCUT2D eigenvalue weighted by molar-refractivity contribution is 5.51. The minimum Gasteiger partial charge on any atom is -0.497 e. The largest absolute Gasteiger partial charge is 0.497 e. The lowest BCUT2D eigenvalue weighted by molar-refractivity contribution is 0.412. The van der Waals surface area contributed by atoms with Gasteiger partial charge in [0.2, 0.25) is 0 Å². The summed E-state index contributed by atoms with van der Waals surface area (Å²) < 4.78 is 11.1. The van der Waals surface area contributed by atoms with Crippen molar-refractivity contribution < 1.29 is 9.47 Å². The van der Waals surface area contributed by atoms with E-state index in [0.29, 0.717) is 5.54 Å². The van der Waals surface area contributed by atoms with E-state index >= 15 is 0 Å². The highest BCUT2D eigenvalue weighted by Gasteiger charge is 2.40. The van der Waals surface area contributed by atoms with Gasteiger partial charge >= 0.3 is 0 Å². The molecule has 1 N–H and O–H groups in total. The minimum atomic E-state index is 0.312. The number of pyridine rings is 1. The lowest BCUT2D eigenvalue weighted by Crippen LogP contribution is -2.42. The molecule has 24 heavy (non-hydrogen) atoms. The first-order valence-corrected chi connectivity index (χ1v) is 8.53. The molecule has 0 bridgehead atoms. The number of hydrogen-bond donors (Lipinski definition) is 1. The molecule has 2 aliphatic rings. The quantitative estimate of drug-likeness (QED) is 0.935. The molecular formula is C19H23N3O2. The molecule has 2 fully saturated rings. The molecule has 126 valence electrons. The van der Waals surface area contributed by atoms with E-state index in [1.54, 1.807) is 13.3 Å². The van der Waals surface area contributed by atoms with Crippen LogP contribution in [0.15, 0.2) is 42.7 Å². The van der Waals surface area contributed by atoms with E-state index in [-0.39, 0.29) is 0 Å². The lowest BCUT2D eigenvalue weighted by atomic mass is 9.97. The van der Waals surface area contributed by atoms with Crippen LogP contribution in [0.5, 0.6) is 17.2 Å². The zero-order valence-electron chi connectivity index (χ0n) is 14.0. The number of anilines is 1. The SMILES string of the molecule is COc1ccc(Oc2cncc(N3CCC4(CCCN4)C3)c2)cc1. The van der Waals surface area contributed by atoms with Crippen molar-refractivity contribution in [2.24, 2.45) is 0 Å². The molecule has 1 unspecified atom stereocenters. The average molecular weight is 325 g/mol. The van der Waals surface area contributed by atoms with Crippen molar-refractivity contribution in [3.63, 3.8) is 0 Å². The summed E-state index contributed by atoms with van der Waals surface area (Å²) in [4.78, 5) is 6.77. The van der Waals surface area contributed by atoms with Gasteiger partial charge in [-0.15, -0.1) is 0 Å². The predicted molar refractivity (Wildman–Crippen MR) is 94.1 cm³/mol. The van der Waals surface area contributed by atoms with Gasteiger partial charge in [0, 0.05) is 24.7 Å². The van der Waals surface area contributed by atoms with Crippen molar-refractivity contribution >= 4 is 5.69 Å². The molecular weight excluding hydrogens is 302 g/mol. The third-order valence-corrected chi connectivity index (χ3v) is 5.04. The van der Waals surface area contributed by atoms with E-state index in [2.05, 4.69) is 21.3 Å². The summed E-state index contributed by atoms with van der Waals surface area (Å²) in [6.07, 6.45) is 7.45. The van der Waals surface area contributed by atoms with Crippen molar-refractivity contribution in [1.29, 1.82) is 0 Å². The number of ether oxygens (including phenoxy) is 2. The first kappa shape index (κ1) is 15.3. The van der Waals surface area contributed by atoms with Gasteiger partial charge in [-0.3, -0.25) is 4.98 Å². The minimum absolute atomic E-state index is 0.312. The van der Waals surface area contributed by atoms with Crippen molar-refractivity contribution in [1.82, 2.24) is 10.3 Å². The number of nitrogens with zero attached hydrogens (tertiary/aromatic N) is 2. The Morgan fingerprint density at radius 1 is 1.08 bits per heavy atom. The van der Waals surface area contributed by atoms with Crippen LogP contribution in [0.4, 0.5) is 5.69 Å². The molecule has 2 aromatic rings. The summed E-state index contributed by atoms with van der Waals surface area (Å²) in [5, 5.41) is 3.69. The zero-order valence-corrected chi connectivity index (χ0v) is 14.0. The number of rotatable bonds is 4. The molecule has 3 heterocycles. The average Bonchev–Trinajstić information content (AvgIpc) is 3.26. The van der Waals surface area contributed by atoms with E-state index in [4.69, 9.17) is 9.47 Å². The Balaban J connectivity index is 1.47. The molecule has 0 radical (unpaired) electrons. The Hall–Kier alpha value is -2.27. The van der Waals surface area contributed by atoms with Crippen LogP contribution < -0.4 is 19.7 Å². The number of hydrogen-bond acceptors (Lipinski definition) is 5. The van der Waals surface area contributed by atoms with E-state index in [9.17, 15) is 0 Å². The van der Waals surface area contributed by atoms with Gasteiger partial charge in [-0.25, -0.2) is 0 Å². The highest BCUT2D eigenvalue weighted by Crippen LogP contribution is 2.34. The maximum Gasteiger partial charge on any atom is 0.147 e. The van der Waals surface area contributed by atoms with Crippen LogP contribution in [-0.4, -0.2) is 37.3 Å². The normalized spacial score (nSPS) is 23.0. The third-order valence-electron chi connectivity index (χ3n) is 5.04. The number of aromatic nitrogens is 1. The summed E-state index contributed by atoms with van der Waals surface area (Å²) in [5.41, 5.74) is 1.44. The fourth-order valence-corrected chi connectivity index (χ4v) is 3.73. The first-order valence-electron chi connectivity index (χ1n) is 8.53. The maximum absolute atomic E-state index is 5.93. The van der Waals surface area contributed by atoms with Gasteiger partial charge < -0.3 is 19.7 Å². The molecule has 1 spiro atoms. The molecule has 0 saturated carbocycles. The summed E-state index contributed by atoms with van der Waals surface area (Å²) in [6.45, 7) is 3.27. The second-order valence-corrected chi connectivity index (χ2v) is 6.64. The fraction of sp³-hybridized carbons (Fsp3) is 0.421. The monoisotopic (exact) mass is 325 g/mol. The van der Waals surface area contributed by atoms with E-state index in [0.717, 1.165) is 42.6 Å². The molecule has 5 nitrogen and oxygen atoms in total. The summed E-state index contributed by atoms with van der Waals surface area (Å²) in [5.74, 6) is 2.36. The molecule has 1 aromatic heterocycles. The van der Waals surface area contributed by atoms with Crippen molar-refractivity contribution in [2.45, 2.75) is 24.8 Å². The molecule has 0 amide bonds. The van der Waals surface area contributed by atoms with Gasteiger partial charge in [0.25, 0.3) is 0 Å². The Kier molecular flexibility index (Phi) is 4.02. The Bertz CT molecular complexity index is 696. The Labute approximate surface area is 142 Å². The van der Waals surface area contributed by atoms with Crippen LogP contribution in [0.3, 0.4) is 0 Å². The van der Waals surface area contributed by atoms with Crippen LogP contribution in [0.25, 0.3) is 0 Å². The summed E-state index contributed by atoms with van der Waals surface area (Å²) >= 11 is 0. The highest BCUT2D eigenvalue weighted by atomic mass is 16.5. The van der Waals surface area contributed by atoms with Crippen LogP contribution in [0.2, 0.25) is 0 Å². The van der Waals surface area contributed by atoms with Gasteiger partial charge in [0.15, 0.2) is 0 Å². The molecule has 5 heteroatoms. The standard InChI is InChI=1S/C19H23N3O2/c1-23-16-3-5-17(6-4-16)24-18-11-15(12-20-13-18)22-10-8-19(14-22)7-2-9-21-19/h3-6,11-13,21H,2,7-10,14H2,1H3. The molecule has 0 aliphatic carbocycles. The van der Waals surface area contributed by atoms with Crippen LogP contribution in [0.1, 0.15) is 19.3 Å². The summed E-state index contributed by atoms with van der Waals surface area (Å²) in [7, 11) is 1.66.